The molecule has 1 unspecified atom stereocenters. The van der Waals surface area contributed by atoms with Gasteiger partial charge in [-0.25, -0.2) is 0 Å². The van der Waals surface area contributed by atoms with E-state index in [0.717, 1.165) is 48.0 Å². The third kappa shape index (κ3) is 4.37. The number of benzene rings is 3. The first kappa shape index (κ1) is 20.3. The number of hydrogen-bond acceptors (Lipinski definition) is 3. The van der Waals surface area contributed by atoms with Gasteiger partial charge in [0.15, 0.2) is 0 Å². The van der Waals surface area contributed by atoms with Gasteiger partial charge in [-0.1, -0.05) is 42.5 Å². The van der Waals surface area contributed by atoms with Crippen molar-refractivity contribution < 1.29 is 14.6 Å². The fourth-order valence-corrected chi connectivity index (χ4v) is 4.68. The van der Waals surface area contributed by atoms with Crippen LogP contribution in [0.25, 0.3) is 10.9 Å². The van der Waals surface area contributed by atoms with E-state index in [0.29, 0.717) is 6.61 Å². The first-order valence-corrected chi connectivity index (χ1v) is 11.1. The highest BCUT2D eigenvalue weighted by Crippen LogP contribution is 2.36. The molecule has 3 aromatic carbocycles. The molecule has 0 saturated carbocycles. The zero-order valence-corrected chi connectivity index (χ0v) is 17.9. The van der Waals surface area contributed by atoms with Gasteiger partial charge in [0.25, 0.3) is 0 Å². The molecule has 5 rings (SSSR count). The third-order valence-corrected chi connectivity index (χ3v) is 6.26. The zero-order valence-electron chi connectivity index (χ0n) is 17.9. The summed E-state index contributed by atoms with van der Waals surface area (Å²) in [6.45, 7) is 1.23. The fraction of sp³-hybridized carbons (Fsp3) is 0.259. The Hall–Kier alpha value is -3.60. The molecule has 0 radical (unpaired) electrons. The maximum absolute atomic E-state index is 11.2. The Morgan fingerprint density at radius 1 is 1.06 bits per heavy atom. The van der Waals surface area contributed by atoms with E-state index in [1.54, 1.807) is 0 Å². The van der Waals surface area contributed by atoms with Gasteiger partial charge in [-0.15, -0.1) is 0 Å². The predicted octanol–water partition coefficient (Wildman–Crippen LogP) is 5.56. The quantitative estimate of drug-likeness (QED) is 0.420. The maximum Gasteiger partial charge on any atom is 0.303 e. The highest BCUT2D eigenvalue weighted by Gasteiger charge is 2.22. The first-order chi connectivity index (χ1) is 15.7. The van der Waals surface area contributed by atoms with Crippen molar-refractivity contribution in [2.75, 3.05) is 0 Å². The predicted molar refractivity (Wildman–Crippen MR) is 124 cm³/mol. The van der Waals surface area contributed by atoms with E-state index < -0.39 is 5.97 Å². The standard InChI is InChI=1S/C27H26N2O3/c30-27(31)15-22-8-4-7-21-14-24(10-11-25(21)22)32-18-20-9-12-26-23(13-20)16-28-29(26)17-19-5-2-1-3-6-19/h1-3,5-6,9-14,16,22H,4,7-8,15,17-18H2,(H,30,31). The summed E-state index contributed by atoms with van der Waals surface area (Å²) in [7, 11) is 0. The summed E-state index contributed by atoms with van der Waals surface area (Å²) in [5.74, 6) is 0.213. The number of carbonyl (C=O) groups is 1. The van der Waals surface area contributed by atoms with Gasteiger partial charge in [0.05, 0.1) is 24.7 Å². The Morgan fingerprint density at radius 3 is 2.78 bits per heavy atom. The number of hydrogen-bond donors (Lipinski definition) is 1. The van der Waals surface area contributed by atoms with Crippen molar-refractivity contribution >= 4 is 16.9 Å². The molecule has 1 aromatic heterocycles. The topological polar surface area (TPSA) is 64.3 Å². The van der Waals surface area contributed by atoms with Crippen molar-refractivity contribution in [2.45, 2.75) is 44.8 Å². The van der Waals surface area contributed by atoms with Crippen LogP contribution in [0, 0.1) is 0 Å². The van der Waals surface area contributed by atoms with Crippen molar-refractivity contribution in [2.24, 2.45) is 0 Å². The second-order valence-electron chi connectivity index (χ2n) is 8.52. The number of rotatable bonds is 7. The largest absolute Gasteiger partial charge is 0.489 e. The normalized spacial score (nSPS) is 15.4. The number of aromatic nitrogens is 2. The first-order valence-electron chi connectivity index (χ1n) is 11.1. The van der Waals surface area contributed by atoms with E-state index in [1.807, 2.05) is 41.2 Å². The molecule has 1 aliphatic rings. The van der Waals surface area contributed by atoms with E-state index in [9.17, 15) is 9.90 Å². The van der Waals surface area contributed by atoms with Crippen molar-refractivity contribution in [3.63, 3.8) is 0 Å². The third-order valence-electron chi connectivity index (χ3n) is 6.26. The summed E-state index contributed by atoms with van der Waals surface area (Å²) >= 11 is 0. The Kier molecular flexibility index (Phi) is 5.63. The Morgan fingerprint density at radius 2 is 1.94 bits per heavy atom. The second-order valence-corrected chi connectivity index (χ2v) is 8.52. The molecular weight excluding hydrogens is 400 g/mol. The van der Waals surface area contributed by atoms with Crippen LogP contribution in [-0.4, -0.2) is 20.9 Å². The summed E-state index contributed by atoms with van der Waals surface area (Å²) in [6, 6.07) is 22.8. The molecule has 0 fully saturated rings. The molecule has 0 spiro atoms. The van der Waals surface area contributed by atoms with Crippen LogP contribution < -0.4 is 4.74 Å². The van der Waals surface area contributed by atoms with Crippen LogP contribution in [0.4, 0.5) is 0 Å². The van der Waals surface area contributed by atoms with E-state index in [2.05, 4.69) is 41.5 Å². The van der Waals surface area contributed by atoms with Crippen LogP contribution in [0.15, 0.2) is 72.9 Å². The van der Waals surface area contributed by atoms with Gasteiger partial charge >= 0.3 is 5.97 Å². The molecule has 4 aromatic rings. The molecular formula is C27H26N2O3. The highest BCUT2D eigenvalue weighted by atomic mass is 16.5. The number of fused-ring (bicyclic) bond motifs is 2. The van der Waals surface area contributed by atoms with Gasteiger partial charge in [0.2, 0.25) is 0 Å². The van der Waals surface area contributed by atoms with Gasteiger partial charge < -0.3 is 9.84 Å². The van der Waals surface area contributed by atoms with Gasteiger partial charge in [-0.05, 0) is 71.7 Å². The highest BCUT2D eigenvalue weighted by molar-refractivity contribution is 5.79. The number of ether oxygens (including phenoxy) is 1. The molecule has 1 N–H and O–H groups in total. The van der Waals surface area contributed by atoms with Crippen LogP contribution in [0.2, 0.25) is 0 Å². The summed E-state index contributed by atoms with van der Waals surface area (Å²) < 4.78 is 8.10. The van der Waals surface area contributed by atoms with Crippen molar-refractivity contribution in [1.29, 1.82) is 0 Å². The number of carboxylic acid groups (broad SMARTS) is 1. The van der Waals surface area contributed by atoms with Gasteiger partial charge in [0.1, 0.15) is 12.4 Å². The minimum atomic E-state index is -0.731. The van der Waals surface area contributed by atoms with Crippen LogP contribution in [-0.2, 0) is 24.4 Å². The van der Waals surface area contributed by atoms with E-state index in [1.165, 1.54) is 16.7 Å². The van der Waals surface area contributed by atoms with Gasteiger partial charge in [0, 0.05) is 5.39 Å². The summed E-state index contributed by atoms with van der Waals surface area (Å²) in [5, 5.41) is 14.8. The second kappa shape index (κ2) is 8.87. The smallest absolute Gasteiger partial charge is 0.303 e. The molecule has 0 saturated heterocycles. The Balaban J connectivity index is 1.28. The minimum absolute atomic E-state index is 0.111. The SMILES string of the molecule is O=C(O)CC1CCCc2cc(OCc3ccc4c(cnn4Cc4ccccc4)c3)ccc21. The Labute approximate surface area is 187 Å². The van der Waals surface area contributed by atoms with Crippen LogP contribution >= 0.6 is 0 Å². The van der Waals surface area contributed by atoms with Crippen molar-refractivity contribution in [3.8, 4) is 5.75 Å². The lowest BCUT2D eigenvalue weighted by molar-refractivity contribution is -0.137. The number of aryl methyl sites for hydroxylation is 1. The minimum Gasteiger partial charge on any atom is -0.489 e. The molecule has 5 nitrogen and oxygen atoms in total. The average molecular weight is 427 g/mol. The zero-order chi connectivity index (χ0) is 21.9. The van der Waals surface area contributed by atoms with Gasteiger partial charge in [-0.3, -0.25) is 9.48 Å². The maximum atomic E-state index is 11.2. The van der Waals surface area contributed by atoms with Crippen LogP contribution in [0.5, 0.6) is 5.75 Å². The van der Waals surface area contributed by atoms with Crippen molar-refractivity contribution in [1.82, 2.24) is 9.78 Å². The number of carboxylic acids is 1. The molecule has 0 amide bonds. The lowest BCUT2D eigenvalue weighted by Crippen LogP contribution is -2.13. The van der Waals surface area contributed by atoms with E-state index in [4.69, 9.17) is 4.74 Å². The molecule has 1 aliphatic carbocycles. The number of nitrogens with zero attached hydrogens (tertiary/aromatic N) is 2. The Bertz CT molecular complexity index is 1250. The molecule has 0 aliphatic heterocycles. The molecule has 5 heteroatoms. The number of aliphatic carboxylic acids is 1. The molecule has 1 heterocycles. The molecule has 0 bridgehead atoms. The van der Waals surface area contributed by atoms with E-state index >= 15 is 0 Å². The van der Waals surface area contributed by atoms with E-state index in [-0.39, 0.29) is 12.3 Å². The monoisotopic (exact) mass is 426 g/mol. The molecule has 162 valence electrons. The van der Waals surface area contributed by atoms with Crippen LogP contribution in [0.3, 0.4) is 0 Å². The van der Waals surface area contributed by atoms with Crippen molar-refractivity contribution in [3.05, 3.63) is 95.2 Å². The summed E-state index contributed by atoms with van der Waals surface area (Å²) in [6.07, 6.45) is 5.05. The van der Waals surface area contributed by atoms with Crippen LogP contribution in [0.1, 0.15) is 47.4 Å². The lowest BCUT2D eigenvalue weighted by Gasteiger charge is -2.24. The average Bonchev–Trinajstić information content (AvgIpc) is 3.20. The molecule has 1 atom stereocenters. The van der Waals surface area contributed by atoms with Gasteiger partial charge in [-0.2, -0.15) is 5.10 Å². The summed E-state index contributed by atoms with van der Waals surface area (Å²) in [5.41, 5.74) is 5.81. The lowest BCUT2D eigenvalue weighted by atomic mass is 9.81. The fourth-order valence-electron chi connectivity index (χ4n) is 4.68. The summed E-state index contributed by atoms with van der Waals surface area (Å²) in [4.78, 5) is 11.2. The molecule has 32 heavy (non-hydrogen) atoms.